The molecule has 0 aromatic heterocycles. The van der Waals surface area contributed by atoms with Crippen molar-refractivity contribution in [2.45, 2.75) is 82.7 Å². The number of fused-ring (bicyclic) bond motifs is 1. The Morgan fingerprint density at radius 1 is 1.00 bits per heavy atom. The molecule has 3 fully saturated rings. The van der Waals surface area contributed by atoms with Crippen molar-refractivity contribution in [3.63, 3.8) is 0 Å². The first kappa shape index (κ1) is 13.9. The number of nitrogens with zero attached hydrogens (tertiary/aromatic N) is 1. The molecule has 2 N–H and O–H groups in total. The lowest BCUT2D eigenvalue weighted by Gasteiger charge is -2.57. The van der Waals surface area contributed by atoms with Crippen molar-refractivity contribution in [3.8, 4) is 0 Å². The van der Waals surface area contributed by atoms with Gasteiger partial charge in [0.2, 0.25) is 0 Å². The SMILES string of the molecule is CC1CCCCC1(CN)N1CCC[C@H]2CCCC[C@H]21. The second-order valence-corrected chi connectivity index (χ2v) is 7.40. The first-order chi connectivity index (χ1) is 9.28. The normalized spacial score (nSPS) is 44.8. The maximum Gasteiger partial charge on any atom is 0.0360 e. The highest BCUT2D eigenvalue weighted by atomic mass is 15.3. The second kappa shape index (κ2) is 5.73. The molecule has 0 aromatic carbocycles. The van der Waals surface area contributed by atoms with Crippen molar-refractivity contribution in [1.29, 1.82) is 0 Å². The standard InChI is InChI=1S/C17H32N2/c1-14-7-4-5-11-17(14,13-18)19-12-6-9-15-8-2-3-10-16(15)19/h14-16H,2-13,18H2,1H3/t14?,15-,16-,17?/m1/s1. The van der Waals surface area contributed by atoms with Crippen LogP contribution in [-0.2, 0) is 0 Å². The molecule has 4 atom stereocenters. The Morgan fingerprint density at radius 2 is 1.74 bits per heavy atom. The van der Waals surface area contributed by atoms with E-state index in [0.29, 0.717) is 5.54 Å². The van der Waals surface area contributed by atoms with E-state index in [-0.39, 0.29) is 0 Å². The van der Waals surface area contributed by atoms with Crippen LogP contribution in [-0.4, -0.2) is 29.6 Å². The fourth-order valence-corrected chi connectivity index (χ4v) is 5.42. The average molecular weight is 264 g/mol. The van der Waals surface area contributed by atoms with Crippen molar-refractivity contribution in [2.75, 3.05) is 13.1 Å². The number of hydrogen-bond donors (Lipinski definition) is 1. The Labute approximate surface area is 119 Å². The molecule has 3 aliphatic rings. The van der Waals surface area contributed by atoms with Crippen LogP contribution >= 0.6 is 0 Å². The lowest BCUT2D eigenvalue weighted by atomic mass is 9.68. The van der Waals surface area contributed by atoms with Crippen molar-refractivity contribution in [3.05, 3.63) is 0 Å². The van der Waals surface area contributed by atoms with E-state index in [1.165, 1.54) is 70.8 Å². The molecule has 2 heteroatoms. The molecule has 2 saturated carbocycles. The molecule has 110 valence electrons. The maximum atomic E-state index is 6.34. The summed E-state index contributed by atoms with van der Waals surface area (Å²) in [6, 6.07) is 0.867. The van der Waals surface area contributed by atoms with Gasteiger partial charge in [0.15, 0.2) is 0 Å². The lowest BCUT2D eigenvalue weighted by Crippen LogP contribution is -2.65. The Bertz CT molecular complexity index is 302. The highest BCUT2D eigenvalue weighted by Crippen LogP contribution is 2.45. The maximum absolute atomic E-state index is 6.34. The molecule has 2 unspecified atom stereocenters. The number of likely N-dealkylation sites (tertiary alicyclic amines) is 1. The van der Waals surface area contributed by atoms with Gasteiger partial charge in [-0.15, -0.1) is 0 Å². The first-order valence-corrected chi connectivity index (χ1v) is 8.75. The van der Waals surface area contributed by atoms with E-state index in [9.17, 15) is 0 Å². The predicted octanol–water partition coefficient (Wildman–Crippen LogP) is 3.55. The summed E-state index contributed by atoms with van der Waals surface area (Å²) in [6.45, 7) is 4.68. The van der Waals surface area contributed by atoms with Crippen LogP contribution in [0.2, 0.25) is 0 Å². The smallest absolute Gasteiger partial charge is 0.0360 e. The molecule has 1 heterocycles. The molecule has 0 bridgehead atoms. The Kier molecular flexibility index (Phi) is 4.19. The molecule has 1 aliphatic heterocycles. The first-order valence-electron chi connectivity index (χ1n) is 8.75. The molecule has 0 radical (unpaired) electrons. The summed E-state index contributed by atoms with van der Waals surface area (Å²) in [5.74, 6) is 1.78. The Balaban J connectivity index is 1.84. The summed E-state index contributed by atoms with van der Waals surface area (Å²) < 4.78 is 0. The van der Waals surface area contributed by atoms with Gasteiger partial charge in [0, 0.05) is 18.1 Å². The van der Waals surface area contributed by atoms with Gasteiger partial charge in [-0.25, -0.2) is 0 Å². The highest BCUT2D eigenvalue weighted by molar-refractivity contribution is 5.03. The zero-order chi connectivity index (χ0) is 13.3. The Morgan fingerprint density at radius 3 is 2.53 bits per heavy atom. The van der Waals surface area contributed by atoms with Crippen molar-refractivity contribution in [1.82, 2.24) is 4.90 Å². The molecule has 0 amide bonds. The zero-order valence-electron chi connectivity index (χ0n) is 12.7. The number of rotatable bonds is 2. The van der Waals surface area contributed by atoms with Gasteiger partial charge >= 0.3 is 0 Å². The quantitative estimate of drug-likeness (QED) is 0.826. The van der Waals surface area contributed by atoms with E-state index >= 15 is 0 Å². The van der Waals surface area contributed by atoms with Crippen LogP contribution in [0.25, 0.3) is 0 Å². The van der Waals surface area contributed by atoms with Gasteiger partial charge in [0.25, 0.3) is 0 Å². The molecule has 3 rings (SSSR count). The largest absolute Gasteiger partial charge is 0.329 e. The lowest BCUT2D eigenvalue weighted by molar-refractivity contribution is -0.0675. The van der Waals surface area contributed by atoms with E-state index in [2.05, 4.69) is 11.8 Å². The van der Waals surface area contributed by atoms with Crippen LogP contribution < -0.4 is 5.73 Å². The Hall–Kier alpha value is -0.0800. The van der Waals surface area contributed by atoms with Gasteiger partial charge < -0.3 is 5.73 Å². The van der Waals surface area contributed by atoms with Crippen LogP contribution in [0.3, 0.4) is 0 Å². The molecular weight excluding hydrogens is 232 g/mol. The number of nitrogens with two attached hydrogens (primary N) is 1. The third-order valence-corrected chi connectivity index (χ3v) is 6.58. The van der Waals surface area contributed by atoms with Gasteiger partial charge in [-0.2, -0.15) is 0 Å². The highest BCUT2D eigenvalue weighted by Gasteiger charge is 2.47. The van der Waals surface area contributed by atoms with Crippen molar-refractivity contribution in [2.24, 2.45) is 17.6 Å². The van der Waals surface area contributed by atoms with Gasteiger partial charge in [-0.3, -0.25) is 4.90 Å². The topological polar surface area (TPSA) is 29.3 Å². The van der Waals surface area contributed by atoms with E-state index < -0.39 is 0 Å². The minimum atomic E-state index is 0.346. The molecule has 0 aromatic rings. The second-order valence-electron chi connectivity index (χ2n) is 7.40. The van der Waals surface area contributed by atoms with E-state index in [1.54, 1.807) is 0 Å². The minimum Gasteiger partial charge on any atom is -0.329 e. The average Bonchev–Trinajstić information content (AvgIpc) is 2.48. The summed E-state index contributed by atoms with van der Waals surface area (Å²) >= 11 is 0. The van der Waals surface area contributed by atoms with Crippen LogP contribution in [0.15, 0.2) is 0 Å². The van der Waals surface area contributed by atoms with Gasteiger partial charge in [0.05, 0.1) is 0 Å². The molecule has 0 spiro atoms. The molecular formula is C17H32N2. The summed E-state index contributed by atoms with van der Waals surface area (Å²) in [4.78, 5) is 2.92. The number of hydrogen-bond acceptors (Lipinski definition) is 2. The summed E-state index contributed by atoms with van der Waals surface area (Å²) in [5, 5.41) is 0. The fourth-order valence-electron chi connectivity index (χ4n) is 5.42. The van der Waals surface area contributed by atoms with Gasteiger partial charge in [-0.05, 0) is 56.9 Å². The third kappa shape index (κ3) is 2.35. The van der Waals surface area contributed by atoms with Crippen LogP contribution in [0.5, 0.6) is 0 Å². The van der Waals surface area contributed by atoms with E-state index in [0.717, 1.165) is 24.4 Å². The molecule has 2 nitrogen and oxygen atoms in total. The van der Waals surface area contributed by atoms with Gasteiger partial charge in [-0.1, -0.05) is 32.6 Å². The molecule has 1 saturated heterocycles. The van der Waals surface area contributed by atoms with Crippen LogP contribution in [0.1, 0.15) is 71.1 Å². The summed E-state index contributed by atoms with van der Waals surface area (Å²) in [6.07, 6.45) is 14.3. The number of piperidine rings is 1. The fraction of sp³-hybridized carbons (Fsp3) is 1.00. The van der Waals surface area contributed by atoms with Crippen LogP contribution in [0.4, 0.5) is 0 Å². The van der Waals surface area contributed by atoms with E-state index in [4.69, 9.17) is 5.73 Å². The molecule has 19 heavy (non-hydrogen) atoms. The minimum absolute atomic E-state index is 0.346. The summed E-state index contributed by atoms with van der Waals surface area (Å²) in [5.41, 5.74) is 6.69. The monoisotopic (exact) mass is 264 g/mol. The summed E-state index contributed by atoms with van der Waals surface area (Å²) in [7, 11) is 0. The van der Waals surface area contributed by atoms with Gasteiger partial charge in [0.1, 0.15) is 0 Å². The van der Waals surface area contributed by atoms with E-state index in [1.807, 2.05) is 0 Å². The predicted molar refractivity (Wildman–Crippen MR) is 81.1 cm³/mol. The molecule has 2 aliphatic carbocycles. The van der Waals surface area contributed by atoms with Crippen LogP contribution in [0, 0.1) is 11.8 Å². The third-order valence-electron chi connectivity index (χ3n) is 6.58. The van der Waals surface area contributed by atoms with Crippen molar-refractivity contribution >= 4 is 0 Å². The zero-order valence-corrected chi connectivity index (χ0v) is 12.7. The van der Waals surface area contributed by atoms with Crippen molar-refractivity contribution < 1.29 is 0 Å².